The van der Waals surface area contributed by atoms with Crippen LogP contribution in [0.4, 0.5) is 0 Å². The van der Waals surface area contributed by atoms with E-state index in [0.717, 1.165) is 25.1 Å². The number of nitrogens with zero attached hydrogens (tertiary/aromatic N) is 2. The normalized spacial score (nSPS) is 24.7. The molecule has 0 amide bonds. The fourth-order valence-electron chi connectivity index (χ4n) is 3.27. The molecule has 3 rings (SSSR count). The van der Waals surface area contributed by atoms with Crippen LogP contribution in [0.2, 0.25) is 0 Å². The minimum Gasteiger partial charge on any atom is -0.299 e. The van der Waals surface area contributed by atoms with Crippen molar-refractivity contribution in [3.63, 3.8) is 0 Å². The summed E-state index contributed by atoms with van der Waals surface area (Å²) in [5.74, 6) is 0.333. The molecule has 0 N–H and O–H groups in total. The lowest BCUT2D eigenvalue weighted by atomic mass is 10.2. The van der Waals surface area contributed by atoms with Gasteiger partial charge in [0, 0.05) is 25.0 Å². The summed E-state index contributed by atoms with van der Waals surface area (Å²) in [5, 5.41) is 0. The molecule has 2 heterocycles. The first-order chi connectivity index (χ1) is 10.1. The highest BCUT2D eigenvalue weighted by Gasteiger charge is 2.35. The van der Waals surface area contributed by atoms with Gasteiger partial charge in [-0.05, 0) is 50.0 Å². The van der Waals surface area contributed by atoms with Crippen molar-refractivity contribution >= 4 is 21.6 Å². The molecule has 1 atom stereocenters. The Morgan fingerprint density at radius 1 is 1.19 bits per heavy atom. The van der Waals surface area contributed by atoms with Crippen LogP contribution >= 0.6 is 11.6 Å². The molecule has 0 spiro atoms. The van der Waals surface area contributed by atoms with E-state index < -0.39 is 10.0 Å². The summed E-state index contributed by atoms with van der Waals surface area (Å²) >= 11 is 5.80. The Kier molecular flexibility index (Phi) is 4.54. The first kappa shape index (κ1) is 15.3. The average Bonchev–Trinajstić information content (AvgIpc) is 3.18. The van der Waals surface area contributed by atoms with E-state index >= 15 is 0 Å². The Morgan fingerprint density at radius 2 is 1.95 bits per heavy atom. The highest BCUT2D eigenvalue weighted by molar-refractivity contribution is 7.89. The van der Waals surface area contributed by atoms with E-state index in [4.69, 9.17) is 11.6 Å². The summed E-state index contributed by atoms with van der Waals surface area (Å²) in [6.45, 7) is 3.46. The standard InChI is InChI=1S/C15H21ClN2O2S/c16-11-13-4-3-5-15(10-13)21(19,20)18-9-6-14(12-18)17-7-1-2-8-17/h3-5,10,14H,1-2,6-9,11-12H2. The zero-order valence-electron chi connectivity index (χ0n) is 12.0. The minimum atomic E-state index is -3.39. The summed E-state index contributed by atoms with van der Waals surface area (Å²) in [5.41, 5.74) is 0.841. The van der Waals surface area contributed by atoms with Gasteiger partial charge in [0.2, 0.25) is 10.0 Å². The number of hydrogen-bond donors (Lipinski definition) is 0. The molecular formula is C15H21ClN2O2S. The molecule has 6 heteroatoms. The maximum absolute atomic E-state index is 12.7. The van der Waals surface area contributed by atoms with E-state index in [1.165, 1.54) is 12.8 Å². The summed E-state index contributed by atoms with van der Waals surface area (Å²) in [6, 6.07) is 7.35. The average molecular weight is 329 g/mol. The van der Waals surface area contributed by atoms with Gasteiger partial charge < -0.3 is 0 Å². The highest BCUT2D eigenvalue weighted by Crippen LogP contribution is 2.26. The lowest BCUT2D eigenvalue weighted by molar-refractivity contribution is 0.251. The molecule has 0 bridgehead atoms. The van der Waals surface area contributed by atoms with Gasteiger partial charge in [-0.3, -0.25) is 4.90 Å². The lowest BCUT2D eigenvalue weighted by Gasteiger charge is -2.23. The molecule has 1 aromatic carbocycles. The van der Waals surface area contributed by atoms with E-state index in [1.54, 1.807) is 22.5 Å². The van der Waals surface area contributed by atoms with Crippen LogP contribution in [0.3, 0.4) is 0 Å². The predicted octanol–water partition coefficient (Wildman–Crippen LogP) is 2.28. The number of likely N-dealkylation sites (tertiary alicyclic amines) is 1. The van der Waals surface area contributed by atoms with Crippen molar-refractivity contribution in [3.05, 3.63) is 29.8 Å². The second-order valence-corrected chi connectivity index (χ2v) is 8.03. The van der Waals surface area contributed by atoms with Crippen molar-refractivity contribution in [1.29, 1.82) is 0 Å². The van der Waals surface area contributed by atoms with Gasteiger partial charge in [0.05, 0.1) is 4.90 Å². The van der Waals surface area contributed by atoms with Crippen molar-refractivity contribution in [2.24, 2.45) is 0 Å². The van der Waals surface area contributed by atoms with Crippen molar-refractivity contribution in [2.45, 2.75) is 36.1 Å². The lowest BCUT2D eigenvalue weighted by Crippen LogP contribution is -2.37. The van der Waals surface area contributed by atoms with Gasteiger partial charge in [-0.1, -0.05) is 12.1 Å². The largest absolute Gasteiger partial charge is 0.299 e. The summed E-state index contributed by atoms with van der Waals surface area (Å²) in [4.78, 5) is 2.80. The van der Waals surface area contributed by atoms with E-state index in [0.29, 0.717) is 29.9 Å². The Balaban J connectivity index is 1.76. The number of hydrogen-bond acceptors (Lipinski definition) is 3. The topological polar surface area (TPSA) is 40.6 Å². The Bertz CT molecular complexity index is 599. The maximum Gasteiger partial charge on any atom is 0.243 e. The summed E-state index contributed by atoms with van der Waals surface area (Å²) in [7, 11) is -3.39. The third kappa shape index (κ3) is 3.11. The van der Waals surface area contributed by atoms with Crippen molar-refractivity contribution in [3.8, 4) is 0 Å². The van der Waals surface area contributed by atoms with Gasteiger partial charge in [-0.15, -0.1) is 11.6 Å². The van der Waals surface area contributed by atoms with Crippen molar-refractivity contribution in [1.82, 2.24) is 9.21 Å². The first-order valence-corrected chi connectivity index (χ1v) is 9.48. The van der Waals surface area contributed by atoms with E-state index in [1.807, 2.05) is 6.07 Å². The molecule has 2 saturated heterocycles. The Labute approximate surface area is 131 Å². The number of benzene rings is 1. The second kappa shape index (κ2) is 6.24. The molecule has 21 heavy (non-hydrogen) atoms. The van der Waals surface area contributed by atoms with Gasteiger partial charge in [-0.25, -0.2) is 8.42 Å². The zero-order valence-corrected chi connectivity index (χ0v) is 13.6. The van der Waals surface area contributed by atoms with Crippen molar-refractivity contribution < 1.29 is 8.42 Å². The molecule has 1 aromatic rings. The quantitative estimate of drug-likeness (QED) is 0.796. The SMILES string of the molecule is O=S(=O)(c1cccc(CCl)c1)N1CCC(N2CCCC2)C1. The predicted molar refractivity (Wildman–Crippen MR) is 84.0 cm³/mol. The molecule has 116 valence electrons. The van der Waals surface area contributed by atoms with E-state index in [2.05, 4.69) is 4.90 Å². The summed E-state index contributed by atoms with van der Waals surface area (Å²) in [6.07, 6.45) is 3.41. The molecule has 0 radical (unpaired) electrons. The molecule has 0 aliphatic carbocycles. The van der Waals surface area contributed by atoms with Gasteiger partial charge >= 0.3 is 0 Å². The smallest absolute Gasteiger partial charge is 0.243 e. The van der Waals surface area contributed by atoms with Crippen LogP contribution in [-0.2, 0) is 15.9 Å². The van der Waals surface area contributed by atoms with Crippen LogP contribution < -0.4 is 0 Å². The molecule has 0 aromatic heterocycles. The molecule has 1 unspecified atom stereocenters. The molecule has 2 fully saturated rings. The number of sulfonamides is 1. The van der Waals surface area contributed by atoms with Gasteiger partial charge in [0.15, 0.2) is 0 Å². The van der Waals surface area contributed by atoms with E-state index in [-0.39, 0.29) is 0 Å². The maximum atomic E-state index is 12.7. The molecule has 2 aliphatic rings. The number of rotatable bonds is 4. The molecule has 0 saturated carbocycles. The van der Waals surface area contributed by atoms with Crippen LogP contribution in [0.1, 0.15) is 24.8 Å². The molecule has 2 aliphatic heterocycles. The molecule has 4 nitrogen and oxygen atoms in total. The van der Waals surface area contributed by atoms with Crippen LogP contribution in [0.5, 0.6) is 0 Å². The van der Waals surface area contributed by atoms with Crippen LogP contribution in [0, 0.1) is 0 Å². The third-order valence-electron chi connectivity index (χ3n) is 4.47. The Hall–Kier alpha value is -0.620. The number of alkyl halides is 1. The van der Waals surface area contributed by atoms with Crippen LogP contribution in [0.15, 0.2) is 29.2 Å². The second-order valence-electron chi connectivity index (χ2n) is 5.83. The monoisotopic (exact) mass is 328 g/mol. The first-order valence-electron chi connectivity index (χ1n) is 7.50. The fraction of sp³-hybridized carbons (Fsp3) is 0.600. The van der Waals surface area contributed by atoms with Gasteiger partial charge in [-0.2, -0.15) is 4.31 Å². The molecular weight excluding hydrogens is 308 g/mol. The number of halogens is 1. The zero-order chi connectivity index (χ0) is 14.9. The van der Waals surface area contributed by atoms with Crippen LogP contribution in [-0.4, -0.2) is 49.8 Å². The minimum absolute atomic E-state index is 0.333. The fourth-order valence-corrected chi connectivity index (χ4v) is 5.00. The highest BCUT2D eigenvalue weighted by atomic mass is 35.5. The van der Waals surface area contributed by atoms with Gasteiger partial charge in [0.1, 0.15) is 0 Å². The summed E-state index contributed by atoms with van der Waals surface area (Å²) < 4.78 is 27.1. The Morgan fingerprint density at radius 3 is 2.67 bits per heavy atom. The van der Waals surface area contributed by atoms with E-state index in [9.17, 15) is 8.42 Å². The van der Waals surface area contributed by atoms with Crippen LogP contribution in [0.25, 0.3) is 0 Å². The van der Waals surface area contributed by atoms with Gasteiger partial charge in [0.25, 0.3) is 0 Å². The van der Waals surface area contributed by atoms with Crippen molar-refractivity contribution in [2.75, 3.05) is 26.2 Å². The third-order valence-corrected chi connectivity index (χ3v) is 6.64.